The monoisotopic (exact) mass is 254 g/mol. The topological polar surface area (TPSA) is 33.7 Å². The van der Waals surface area contributed by atoms with Crippen LogP contribution in [-0.4, -0.2) is 62.0 Å². The Morgan fingerprint density at radius 2 is 2.00 bits per heavy atom. The van der Waals surface area contributed by atoms with Gasteiger partial charge in [-0.25, -0.2) is 0 Å². The van der Waals surface area contributed by atoms with Gasteiger partial charge in [-0.05, 0) is 32.6 Å². The molecule has 2 aliphatic heterocycles. The normalized spacial score (nSPS) is 38.2. The third kappa shape index (κ3) is 3.44. The van der Waals surface area contributed by atoms with Crippen molar-refractivity contribution in [2.75, 3.05) is 32.8 Å². The first-order valence-corrected chi connectivity index (χ1v) is 7.52. The number of morpholine rings is 1. The highest BCUT2D eigenvalue weighted by Crippen LogP contribution is 2.23. The molecule has 0 bridgehead atoms. The molecule has 0 aromatic heterocycles. The Kier molecular flexibility index (Phi) is 4.19. The van der Waals surface area contributed by atoms with Crippen LogP contribution in [0.5, 0.6) is 0 Å². The van der Waals surface area contributed by atoms with Gasteiger partial charge in [0.1, 0.15) is 0 Å². The summed E-state index contributed by atoms with van der Waals surface area (Å²) in [5, 5.41) is 3.57. The fourth-order valence-electron chi connectivity index (χ4n) is 2.94. The van der Waals surface area contributed by atoms with Crippen LogP contribution in [-0.2, 0) is 9.47 Å². The van der Waals surface area contributed by atoms with Gasteiger partial charge in [-0.3, -0.25) is 4.90 Å². The van der Waals surface area contributed by atoms with Crippen molar-refractivity contribution in [3.63, 3.8) is 0 Å². The van der Waals surface area contributed by atoms with Crippen LogP contribution in [0.15, 0.2) is 0 Å². The molecule has 0 aromatic carbocycles. The van der Waals surface area contributed by atoms with Gasteiger partial charge in [0.05, 0.1) is 25.4 Å². The van der Waals surface area contributed by atoms with Crippen molar-refractivity contribution >= 4 is 0 Å². The average molecular weight is 254 g/mol. The summed E-state index contributed by atoms with van der Waals surface area (Å²) < 4.78 is 11.6. The highest BCUT2D eigenvalue weighted by Gasteiger charge is 2.30. The van der Waals surface area contributed by atoms with Crippen LogP contribution in [0.1, 0.15) is 32.6 Å². The maximum absolute atomic E-state index is 6.15. The molecule has 3 aliphatic rings. The minimum Gasteiger partial charge on any atom is -0.379 e. The summed E-state index contributed by atoms with van der Waals surface area (Å²) in [5.74, 6) is 0. The van der Waals surface area contributed by atoms with Crippen LogP contribution in [0.2, 0.25) is 0 Å². The first-order valence-electron chi connectivity index (χ1n) is 7.52. The van der Waals surface area contributed by atoms with E-state index < -0.39 is 0 Å². The fourth-order valence-corrected chi connectivity index (χ4v) is 2.94. The predicted octanol–water partition coefficient (Wildman–Crippen LogP) is 1.01. The lowest BCUT2D eigenvalue weighted by Gasteiger charge is -2.34. The number of nitrogens with one attached hydrogen (secondary N) is 1. The van der Waals surface area contributed by atoms with E-state index >= 15 is 0 Å². The molecule has 2 heterocycles. The number of hydrogen-bond donors (Lipinski definition) is 1. The van der Waals surface area contributed by atoms with E-state index in [1.54, 1.807) is 0 Å². The van der Waals surface area contributed by atoms with E-state index in [0.29, 0.717) is 18.2 Å². The van der Waals surface area contributed by atoms with Crippen molar-refractivity contribution in [3.05, 3.63) is 0 Å². The van der Waals surface area contributed by atoms with Crippen LogP contribution in [0.25, 0.3) is 0 Å². The molecule has 3 fully saturated rings. The molecular weight excluding hydrogens is 228 g/mol. The Morgan fingerprint density at radius 1 is 1.17 bits per heavy atom. The molecule has 2 saturated heterocycles. The van der Waals surface area contributed by atoms with Crippen molar-refractivity contribution in [1.29, 1.82) is 0 Å². The van der Waals surface area contributed by atoms with Gasteiger partial charge in [0.15, 0.2) is 0 Å². The summed E-state index contributed by atoms with van der Waals surface area (Å²) in [6.07, 6.45) is 6.07. The summed E-state index contributed by atoms with van der Waals surface area (Å²) in [6, 6.07) is 1.35. The second kappa shape index (κ2) is 5.87. The smallest absolute Gasteiger partial charge is 0.0707 e. The summed E-state index contributed by atoms with van der Waals surface area (Å²) in [4.78, 5) is 2.52. The molecular formula is C14H26N2O2. The molecule has 3 unspecified atom stereocenters. The highest BCUT2D eigenvalue weighted by molar-refractivity contribution is 4.85. The van der Waals surface area contributed by atoms with E-state index in [0.717, 1.165) is 38.9 Å². The third-order valence-corrected chi connectivity index (χ3v) is 4.35. The van der Waals surface area contributed by atoms with Crippen LogP contribution in [0.3, 0.4) is 0 Å². The van der Waals surface area contributed by atoms with Gasteiger partial charge in [-0.15, -0.1) is 0 Å². The zero-order chi connectivity index (χ0) is 12.4. The molecule has 3 rings (SSSR count). The van der Waals surface area contributed by atoms with E-state index in [1.807, 2.05) is 0 Å². The molecule has 0 amide bonds. The molecule has 1 saturated carbocycles. The number of hydrogen-bond acceptors (Lipinski definition) is 4. The van der Waals surface area contributed by atoms with Crippen molar-refractivity contribution in [2.24, 2.45) is 0 Å². The first-order chi connectivity index (χ1) is 8.81. The maximum atomic E-state index is 6.15. The minimum atomic E-state index is 0.441. The third-order valence-electron chi connectivity index (χ3n) is 4.35. The molecule has 18 heavy (non-hydrogen) atoms. The van der Waals surface area contributed by atoms with Crippen molar-refractivity contribution in [2.45, 2.75) is 56.9 Å². The van der Waals surface area contributed by atoms with Crippen molar-refractivity contribution in [3.8, 4) is 0 Å². The average Bonchev–Trinajstić information content (AvgIpc) is 3.10. The van der Waals surface area contributed by atoms with Crippen molar-refractivity contribution in [1.82, 2.24) is 10.2 Å². The summed E-state index contributed by atoms with van der Waals surface area (Å²) in [5.41, 5.74) is 0. The highest BCUT2D eigenvalue weighted by atomic mass is 16.5. The number of nitrogens with zero attached hydrogens (tertiary/aromatic N) is 1. The van der Waals surface area contributed by atoms with Gasteiger partial charge in [-0.2, -0.15) is 0 Å². The Morgan fingerprint density at radius 3 is 2.78 bits per heavy atom. The standard InChI is InChI=1S/C14H26N2O2/c1-11-10-17-7-6-16(11)9-14-5-4-13(18-14)8-15-12-2-3-12/h11-15H,2-10H2,1H3. The molecule has 1 N–H and O–H groups in total. The lowest BCUT2D eigenvalue weighted by atomic mass is 10.1. The summed E-state index contributed by atoms with van der Waals surface area (Å²) in [6.45, 7) is 7.21. The SMILES string of the molecule is CC1COCCN1CC1CCC(CNC2CC2)O1. The lowest BCUT2D eigenvalue weighted by Crippen LogP contribution is -2.47. The molecule has 0 aromatic rings. The summed E-state index contributed by atoms with van der Waals surface area (Å²) in [7, 11) is 0. The van der Waals surface area contributed by atoms with Crippen molar-refractivity contribution < 1.29 is 9.47 Å². The second-order valence-corrected chi connectivity index (χ2v) is 6.06. The van der Waals surface area contributed by atoms with Gasteiger partial charge in [0.25, 0.3) is 0 Å². The molecule has 104 valence electrons. The molecule has 4 nitrogen and oxygen atoms in total. The quantitative estimate of drug-likeness (QED) is 0.794. The fraction of sp³-hybridized carbons (Fsp3) is 1.00. The number of ether oxygens (including phenoxy) is 2. The van der Waals surface area contributed by atoms with Crippen LogP contribution in [0.4, 0.5) is 0 Å². The van der Waals surface area contributed by atoms with Gasteiger partial charge in [-0.1, -0.05) is 0 Å². The van der Waals surface area contributed by atoms with Gasteiger partial charge in [0.2, 0.25) is 0 Å². The zero-order valence-electron chi connectivity index (χ0n) is 11.4. The largest absolute Gasteiger partial charge is 0.379 e. The van der Waals surface area contributed by atoms with Crippen LogP contribution >= 0.6 is 0 Å². The second-order valence-electron chi connectivity index (χ2n) is 6.06. The van der Waals surface area contributed by atoms with E-state index in [9.17, 15) is 0 Å². The van der Waals surface area contributed by atoms with E-state index in [1.165, 1.54) is 25.7 Å². The Labute approximate surface area is 110 Å². The Balaban J connectivity index is 1.38. The minimum absolute atomic E-state index is 0.441. The molecule has 1 aliphatic carbocycles. The van der Waals surface area contributed by atoms with Gasteiger partial charge >= 0.3 is 0 Å². The summed E-state index contributed by atoms with van der Waals surface area (Å²) >= 11 is 0. The Bertz CT molecular complexity index is 271. The first kappa shape index (κ1) is 12.9. The Hall–Kier alpha value is -0.160. The molecule has 4 heteroatoms. The van der Waals surface area contributed by atoms with Gasteiger partial charge in [0, 0.05) is 31.7 Å². The number of rotatable bonds is 5. The molecule has 0 spiro atoms. The maximum Gasteiger partial charge on any atom is 0.0707 e. The van der Waals surface area contributed by atoms with Crippen LogP contribution < -0.4 is 5.32 Å². The van der Waals surface area contributed by atoms with Gasteiger partial charge < -0.3 is 14.8 Å². The zero-order valence-corrected chi connectivity index (χ0v) is 11.4. The van der Waals surface area contributed by atoms with E-state index in [2.05, 4.69) is 17.1 Å². The van der Waals surface area contributed by atoms with E-state index in [-0.39, 0.29) is 0 Å². The van der Waals surface area contributed by atoms with E-state index in [4.69, 9.17) is 9.47 Å². The lowest BCUT2D eigenvalue weighted by molar-refractivity contribution is -0.0356. The van der Waals surface area contributed by atoms with Crippen LogP contribution in [0, 0.1) is 0 Å². The molecule has 0 radical (unpaired) electrons. The molecule has 3 atom stereocenters. The predicted molar refractivity (Wildman–Crippen MR) is 70.8 cm³/mol.